The maximum absolute atomic E-state index is 8.71. The van der Waals surface area contributed by atoms with Crippen LogP contribution < -0.4 is 5.73 Å². The summed E-state index contributed by atoms with van der Waals surface area (Å²) in [6.07, 6.45) is 2.18. The minimum absolute atomic E-state index is 0.0774. The van der Waals surface area contributed by atoms with Crippen LogP contribution in [0.1, 0.15) is 12.8 Å². The van der Waals surface area contributed by atoms with Gasteiger partial charge in [0.25, 0.3) is 0 Å². The van der Waals surface area contributed by atoms with Crippen LogP contribution in [-0.2, 0) is 4.74 Å². The minimum atomic E-state index is -0.0831. The van der Waals surface area contributed by atoms with Crippen molar-refractivity contribution in [2.75, 3.05) is 19.8 Å². The van der Waals surface area contributed by atoms with Crippen molar-refractivity contribution in [3.05, 3.63) is 0 Å². The Morgan fingerprint density at radius 2 is 2.50 bits per heavy atom. The normalized spacial score (nSPS) is 30.0. The molecule has 1 saturated heterocycles. The van der Waals surface area contributed by atoms with E-state index < -0.39 is 0 Å². The fraction of sp³-hybridized carbons (Fsp3) is 1.00. The van der Waals surface area contributed by atoms with Gasteiger partial charge in [-0.2, -0.15) is 0 Å². The molecule has 2 atom stereocenters. The van der Waals surface area contributed by atoms with Gasteiger partial charge in [0, 0.05) is 12.6 Å². The Labute approximate surface area is 61.2 Å². The largest absolute Gasteiger partial charge is 0.395 e. The predicted octanol–water partition coefficient (Wildman–Crippen LogP) is -0.267. The van der Waals surface area contributed by atoms with E-state index in [2.05, 4.69) is 0 Å². The first-order valence-corrected chi connectivity index (χ1v) is 3.78. The van der Waals surface area contributed by atoms with Gasteiger partial charge in [-0.25, -0.2) is 0 Å². The fourth-order valence-electron chi connectivity index (χ4n) is 1.25. The average Bonchev–Trinajstić information content (AvgIpc) is 2.05. The summed E-state index contributed by atoms with van der Waals surface area (Å²) in [5, 5.41) is 8.71. The maximum Gasteiger partial charge on any atom is 0.0586 e. The van der Waals surface area contributed by atoms with Gasteiger partial charge in [0.05, 0.1) is 13.2 Å². The molecule has 0 saturated carbocycles. The van der Waals surface area contributed by atoms with E-state index in [1.165, 1.54) is 0 Å². The van der Waals surface area contributed by atoms with Crippen molar-refractivity contribution in [3.8, 4) is 0 Å². The van der Waals surface area contributed by atoms with Gasteiger partial charge in [-0.15, -0.1) is 0 Å². The first-order valence-electron chi connectivity index (χ1n) is 3.78. The summed E-state index contributed by atoms with van der Waals surface area (Å²) < 4.78 is 5.21. The molecule has 1 aliphatic heterocycles. The van der Waals surface area contributed by atoms with Crippen LogP contribution in [0.3, 0.4) is 0 Å². The highest BCUT2D eigenvalue weighted by Crippen LogP contribution is 2.15. The molecule has 3 N–H and O–H groups in total. The molecule has 3 nitrogen and oxygen atoms in total. The molecule has 0 bridgehead atoms. The summed E-state index contributed by atoms with van der Waals surface area (Å²) in [5.41, 5.74) is 5.62. The highest BCUT2D eigenvalue weighted by Gasteiger charge is 2.19. The average molecular weight is 145 g/mol. The Balaban J connectivity index is 2.24. The molecule has 0 aromatic carbocycles. The molecule has 1 fully saturated rings. The van der Waals surface area contributed by atoms with E-state index in [4.69, 9.17) is 15.6 Å². The quantitative estimate of drug-likeness (QED) is 0.562. The monoisotopic (exact) mass is 145 g/mol. The van der Waals surface area contributed by atoms with E-state index in [1.807, 2.05) is 0 Å². The maximum atomic E-state index is 8.71. The summed E-state index contributed by atoms with van der Waals surface area (Å²) in [6, 6.07) is -0.0831. The van der Waals surface area contributed by atoms with Gasteiger partial charge < -0.3 is 15.6 Å². The number of aliphatic hydroxyl groups is 1. The number of aliphatic hydroxyl groups excluding tert-OH is 1. The van der Waals surface area contributed by atoms with Crippen LogP contribution in [-0.4, -0.2) is 31.0 Å². The molecule has 1 aliphatic rings. The van der Waals surface area contributed by atoms with Gasteiger partial charge in [-0.3, -0.25) is 0 Å². The van der Waals surface area contributed by atoms with Crippen LogP contribution in [0.5, 0.6) is 0 Å². The summed E-state index contributed by atoms with van der Waals surface area (Å²) in [5.74, 6) is 0.374. The third kappa shape index (κ3) is 1.94. The van der Waals surface area contributed by atoms with E-state index in [0.717, 1.165) is 26.1 Å². The fourth-order valence-corrected chi connectivity index (χ4v) is 1.25. The molecule has 3 heteroatoms. The van der Waals surface area contributed by atoms with Gasteiger partial charge >= 0.3 is 0 Å². The smallest absolute Gasteiger partial charge is 0.0586 e. The standard InChI is InChI=1S/C7H15NO2/c8-7(4-9)6-2-1-3-10-5-6/h6-7,9H,1-5,8H2/t6?,7-/m0/s1. The highest BCUT2D eigenvalue weighted by molar-refractivity contribution is 4.73. The van der Waals surface area contributed by atoms with Crippen molar-refractivity contribution in [2.45, 2.75) is 18.9 Å². The van der Waals surface area contributed by atoms with E-state index in [1.54, 1.807) is 0 Å². The van der Waals surface area contributed by atoms with Crippen LogP contribution in [0, 0.1) is 5.92 Å². The Hall–Kier alpha value is -0.120. The summed E-state index contributed by atoms with van der Waals surface area (Å²) in [6.45, 7) is 1.66. The molecular formula is C7H15NO2. The van der Waals surface area contributed by atoms with E-state index in [0.29, 0.717) is 5.92 Å². The summed E-state index contributed by atoms with van der Waals surface area (Å²) in [7, 11) is 0. The van der Waals surface area contributed by atoms with Crippen molar-refractivity contribution in [2.24, 2.45) is 11.7 Å². The second kappa shape index (κ2) is 3.91. The molecule has 0 aromatic heterocycles. The lowest BCUT2D eigenvalue weighted by molar-refractivity contribution is 0.0358. The Morgan fingerprint density at radius 3 is 3.00 bits per heavy atom. The van der Waals surface area contributed by atoms with Crippen molar-refractivity contribution in [1.82, 2.24) is 0 Å². The van der Waals surface area contributed by atoms with E-state index in [9.17, 15) is 0 Å². The van der Waals surface area contributed by atoms with Crippen LogP contribution in [0.15, 0.2) is 0 Å². The third-order valence-corrected chi connectivity index (χ3v) is 2.01. The molecule has 0 aliphatic carbocycles. The van der Waals surface area contributed by atoms with E-state index >= 15 is 0 Å². The van der Waals surface area contributed by atoms with Crippen LogP contribution in [0.25, 0.3) is 0 Å². The molecule has 60 valence electrons. The lowest BCUT2D eigenvalue weighted by atomic mass is 9.95. The van der Waals surface area contributed by atoms with Gasteiger partial charge in [0.15, 0.2) is 0 Å². The second-order valence-corrected chi connectivity index (χ2v) is 2.82. The predicted molar refractivity (Wildman–Crippen MR) is 38.6 cm³/mol. The lowest BCUT2D eigenvalue weighted by Crippen LogP contribution is -2.38. The number of rotatable bonds is 2. The lowest BCUT2D eigenvalue weighted by Gasteiger charge is -2.25. The van der Waals surface area contributed by atoms with Gasteiger partial charge in [-0.1, -0.05) is 0 Å². The van der Waals surface area contributed by atoms with Crippen molar-refractivity contribution in [1.29, 1.82) is 0 Å². The molecular weight excluding hydrogens is 130 g/mol. The Kier molecular flexibility index (Phi) is 3.12. The molecule has 0 amide bonds. The number of nitrogens with two attached hydrogens (primary N) is 1. The topological polar surface area (TPSA) is 55.5 Å². The summed E-state index contributed by atoms with van der Waals surface area (Å²) in [4.78, 5) is 0. The third-order valence-electron chi connectivity index (χ3n) is 2.01. The number of ether oxygens (including phenoxy) is 1. The summed E-state index contributed by atoms with van der Waals surface area (Å²) >= 11 is 0. The van der Waals surface area contributed by atoms with Gasteiger partial charge in [0.2, 0.25) is 0 Å². The highest BCUT2D eigenvalue weighted by atomic mass is 16.5. The van der Waals surface area contributed by atoms with Crippen LogP contribution >= 0.6 is 0 Å². The van der Waals surface area contributed by atoms with Crippen molar-refractivity contribution in [3.63, 3.8) is 0 Å². The van der Waals surface area contributed by atoms with E-state index in [-0.39, 0.29) is 12.6 Å². The molecule has 0 spiro atoms. The SMILES string of the molecule is N[C@@H](CO)C1CCCOC1. The Morgan fingerprint density at radius 1 is 1.70 bits per heavy atom. The zero-order valence-corrected chi connectivity index (χ0v) is 6.12. The Bertz CT molecular complexity index is 91.6. The molecule has 1 heterocycles. The minimum Gasteiger partial charge on any atom is -0.395 e. The molecule has 0 aromatic rings. The van der Waals surface area contributed by atoms with Crippen LogP contribution in [0.4, 0.5) is 0 Å². The molecule has 0 radical (unpaired) electrons. The first kappa shape index (κ1) is 7.98. The van der Waals surface area contributed by atoms with Crippen molar-refractivity contribution >= 4 is 0 Å². The number of hydrogen-bond acceptors (Lipinski definition) is 3. The molecule has 1 rings (SSSR count). The zero-order chi connectivity index (χ0) is 7.40. The van der Waals surface area contributed by atoms with Gasteiger partial charge in [-0.05, 0) is 18.8 Å². The first-order chi connectivity index (χ1) is 4.84. The molecule has 1 unspecified atom stereocenters. The molecule has 10 heavy (non-hydrogen) atoms. The number of hydrogen-bond donors (Lipinski definition) is 2. The van der Waals surface area contributed by atoms with Gasteiger partial charge in [0.1, 0.15) is 0 Å². The van der Waals surface area contributed by atoms with Crippen molar-refractivity contribution < 1.29 is 9.84 Å². The second-order valence-electron chi connectivity index (χ2n) is 2.82. The van der Waals surface area contributed by atoms with Crippen LogP contribution in [0.2, 0.25) is 0 Å². The zero-order valence-electron chi connectivity index (χ0n) is 6.12.